The van der Waals surface area contributed by atoms with E-state index in [4.69, 9.17) is 31.5 Å². The van der Waals surface area contributed by atoms with Gasteiger partial charge in [-0.05, 0) is 26.8 Å². The first kappa shape index (κ1) is 20.0. The Morgan fingerprint density at radius 3 is 2.50 bits per heavy atom. The van der Waals surface area contributed by atoms with Gasteiger partial charge in [0.25, 0.3) is 0 Å². The van der Waals surface area contributed by atoms with Gasteiger partial charge in [0.2, 0.25) is 5.95 Å². The summed E-state index contributed by atoms with van der Waals surface area (Å²) >= 11 is 6.50. The summed E-state index contributed by atoms with van der Waals surface area (Å²) in [7, 11) is 3.08. The van der Waals surface area contributed by atoms with Crippen molar-refractivity contribution < 1.29 is 19.0 Å². The molecular weight excluding hydrogens is 384 g/mol. The molecule has 3 rings (SSSR count). The minimum atomic E-state index is -0.595. The number of carbonyl (C=O) groups is 1. The van der Waals surface area contributed by atoms with E-state index in [0.717, 1.165) is 5.56 Å². The van der Waals surface area contributed by atoms with E-state index >= 15 is 0 Å². The Kier molecular flexibility index (Phi) is 5.25. The second kappa shape index (κ2) is 7.35. The Balaban J connectivity index is 2.06. The van der Waals surface area contributed by atoms with Gasteiger partial charge < -0.3 is 19.9 Å². The normalized spacial score (nSPS) is 13.3. The third-order valence-corrected chi connectivity index (χ3v) is 4.47. The number of methoxy groups -OCH3 is 2. The van der Waals surface area contributed by atoms with Gasteiger partial charge >= 0.3 is 6.09 Å². The number of carbonyl (C=O) groups excluding carboxylic acids is 1. The highest BCUT2D eigenvalue weighted by molar-refractivity contribution is 6.33. The second-order valence-corrected chi connectivity index (χ2v) is 7.79. The van der Waals surface area contributed by atoms with Crippen LogP contribution in [-0.4, -0.2) is 40.8 Å². The molecule has 2 aromatic rings. The van der Waals surface area contributed by atoms with Crippen LogP contribution in [0.1, 0.15) is 32.0 Å². The third-order valence-electron chi connectivity index (χ3n) is 4.17. The zero-order valence-corrected chi connectivity index (χ0v) is 17.3. The Hall–Kier alpha value is -2.74. The summed E-state index contributed by atoms with van der Waals surface area (Å²) in [4.78, 5) is 22.7. The van der Waals surface area contributed by atoms with Crippen LogP contribution in [0, 0.1) is 0 Å². The van der Waals surface area contributed by atoms with Crippen LogP contribution >= 0.6 is 11.6 Å². The van der Waals surface area contributed by atoms with Gasteiger partial charge in [0, 0.05) is 11.6 Å². The predicted molar refractivity (Wildman–Crippen MR) is 105 cm³/mol. The molecular formula is C19H23ClN4O4. The molecule has 1 amide bonds. The number of ether oxygens (including phenoxy) is 3. The van der Waals surface area contributed by atoms with Crippen molar-refractivity contribution in [3.63, 3.8) is 0 Å². The number of nitrogens with two attached hydrogens (primary N) is 1. The lowest BCUT2D eigenvalue weighted by Crippen LogP contribution is -2.33. The molecule has 0 saturated heterocycles. The van der Waals surface area contributed by atoms with Crippen LogP contribution in [0.15, 0.2) is 12.1 Å². The van der Waals surface area contributed by atoms with E-state index in [0.29, 0.717) is 33.5 Å². The van der Waals surface area contributed by atoms with Crippen molar-refractivity contribution in [3.05, 3.63) is 28.4 Å². The Morgan fingerprint density at radius 1 is 1.18 bits per heavy atom. The molecule has 0 saturated carbocycles. The van der Waals surface area contributed by atoms with Gasteiger partial charge in [-0.3, -0.25) is 4.90 Å². The number of amides is 1. The average Bonchev–Trinajstić information content (AvgIpc) is 3.03. The first-order valence-corrected chi connectivity index (χ1v) is 9.06. The fourth-order valence-corrected chi connectivity index (χ4v) is 3.29. The number of benzene rings is 1. The summed E-state index contributed by atoms with van der Waals surface area (Å²) in [6.07, 6.45) is -0.428. The summed E-state index contributed by atoms with van der Waals surface area (Å²) in [5, 5.41) is 0.396. The van der Waals surface area contributed by atoms with Crippen LogP contribution in [-0.2, 0) is 17.8 Å². The van der Waals surface area contributed by atoms with Crippen LogP contribution in [0.5, 0.6) is 11.5 Å². The van der Waals surface area contributed by atoms with Gasteiger partial charge in [0.1, 0.15) is 17.1 Å². The van der Waals surface area contributed by atoms with E-state index < -0.39 is 11.7 Å². The lowest BCUT2D eigenvalue weighted by Gasteiger charge is -2.24. The first-order valence-electron chi connectivity index (χ1n) is 8.68. The van der Waals surface area contributed by atoms with Crippen LogP contribution in [0.25, 0.3) is 11.3 Å². The van der Waals surface area contributed by atoms with Crippen molar-refractivity contribution in [3.8, 4) is 22.8 Å². The minimum absolute atomic E-state index is 0.0914. The standard InChI is InChI=1S/C19H23ClN4O4/c1-19(2,3)28-18(25)24-8-11-13(9-24)22-17(21)23-16(11)15-12(20)6-10(26-4)7-14(15)27-5/h6-7H,8-9H2,1-5H3,(H2,21,22,23). The summed E-state index contributed by atoms with van der Waals surface area (Å²) in [5.74, 6) is 1.13. The molecule has 1 aromatic heterocycles. The number of aromatic nitrogens is 2. The van der Waals surface area contributed by atoms with Crippen molar-refractivity contribution in [2.75, 3.05) is 20.0 Å². The Morgan fingerprint density at radius 2 is 1.89 bits per heavy atom. The van der Waals surface area contributed by atoms with E-state index in [1.165, 1.54) is 7.11 Å². The number of rotatable bonds is 3. The highest BCUT2D eigenvalue weighted by Crippen LogP contribution is 2.42. The molecule has 0 fully saturated rings. The number of hydrogen-bond acceptors (Lipinski definition) is 7. The number of halogens is 1. The van der Waals surface area contributed by atoms with Crippen molar-refractivity contribution in [2.24, 2.45) is 0 Å². The number of anilines is 1. The number of nitrogens with zero attached hydrogens (tertiary/aromatic N) is 3. The van der Waals surface area contributed by atoms with Gasteiger partial charge in [0.05, 0.1) is 49.3 Å². The smallest absolute Gasteiger partial charge is 0.410 e. The molecule has 2 heterocycles. The maximum atomic E-state index is 12.5. The molecule has 0 unspecified atom stereocenters. The van der Waals surface area contributed by atoms with E-state index in [-0.39, 0.29) is 19.0 Å². The fraction of sp³-hybridized carbons (Fsp3) is 0.421. The quantitative estimate of drug-likeness (QED) is 0.830. The molecule has 1 aliphatic heterocycles. The summed E-state index contributed by atoms with van der Waals surface area (Å²) in [5.41, 5.74) is 7.84. The molecule has 2 N–H and O–H groups in total. The molecule has 8 nitrogen and oxygen atoms in total. The highest BCUT2D eigenvalue weighted by atomic mass is 35.5. The van der Waals surface area contributed by atoms with Crippen LogP contribution in [0.3, 0.4) is 0 Å². The van der Waals surface area contributed by atoms with Gasteiger partial charge in [-0.15, -0.1) is 0 Å². The predicted octanol–water partition coefficient (Wildman–Crippen LogP) is 3.65. The monoisotopic (exact) mass is 406 g/mol. The SMILES string of the molecule is COc1cc(Cl)c(-c2nc(N)nc3c2CN(C(=O)OC(C)(C)C)C3)c(OC)c1. The summed E-state index contributed by atoms with van der Waals surface area (Å²) < 4.78 is 16.2. The molecule has 0 bridgehead atoms. The van der Waals surface area contributed by atoms with Crippen LogP contribution < -0.4 is 15.2 Å². The second-order valence-electron chi connectivity index (χ2n) is 7.38. The largest absolute Gasteiger partial charge is 0.497 e. The Labute approximate surface area is 168 Å². The maximum absolute atomic E-state index is 12.5. The lowest BCUT2D eigenvalue weighted by molar-refractivity contribution is 0.0241. The van der Waals surface area contributed by atoms with E-state index in [9.17, 15) is 4.79 Å². The number of fused-ring (bicyclic) bond motifs is 1. The third kappa shape index (κ3) is 3.91. The van der Waals surface area contributed by atoms with E-state index in [2.05, 4.69) is 9.97 Å². The lowest BCUT2D eigenvalue weighted by atomic mass is 10.0. The van der Waals surface area contributed by atoms with Gasteiger partial charge in [-0.1, -0.05) is 11.6 Å². The van der Waals surface area contributed by atoms with Crippen molar-refractivity contribution in [1.29, 1.82) is 0 Å². The van der Waals surface area contributed by atoms with Crippen LogP contribution in [0.2, 0.25) is 5.02 Å². The van der Waals surface area contributed by atoms with Crippen molar-refractivity contribution >= 4 is 23.6 Å². The fourth-order valence-electron chi connectivity index (χ4n) is 3.00. The van der Waals surface area contributed by atoms with Gasteiger partial charge in [-0.2, -0.15) is 0 Å². The maximum Gasteiger partial charge on any atom is 0.410 e. The number of hydrogen-bond donors (Lipinski definition) is 1. The molecule has 0 atom stereocenters. The summed E-state index contributed by atoms with van der Waals surface area (Å²) in [6, 6.07) is 3.39. The molecule has 28 heavy (non-hydrogen) atoms. The zero-order valence-electron chi connectivity index (χ0n) is 16.5. The molecule has 1 aliphatic rings. The van der Waals surface area contributed by atoms with Gasteiger partial charge in [0.15, 0.2) is 0 Å². The van der Waals surface area contributed by atoms with Crippen LogP contribution in [0.4, 0.5) is 10.7 Å². The van der Waals surface area contributed by atoms with Crippen molar-refractivity contribution in [1.82, 2.24) is 14.9 Å². The summed E-state index contributed by atoms with van der Waals surface area (Å²) in [6.45, 7) is 6.02. The molecule has 9 heteroatoms. The molecule has 1 aromatic carbocycles. The van der Waals surface area contributed by atoms with E-state index in [1.807, 2.05) is 20.8 Å². The van der Waals surface area contributed by atoms with E-state index in [1.54, 1.807) is 24.1 Å². The average molecular weight is 407 g/mol. The van der Waals surface area contributed by atoms with Crippen molar-refractivity contribution in [2.45, 2.75) is 39.5 Å². The highest BCUT2D eigenvalue weighted by Gasteiger charge is 2.32. The van der Waals surface area contributed by atoms with Gasteiger partial charge in [-0.25, -0.2) is 14.8 Å². The first-order chi connectivity index (χ1) is 13.1. The topological polar surface area (TPSA) is 99.8 Å². The molecule has 0 aliphatic carbocycles. The zero-order chi connectivity index (χ0) is 20.6. The number of nitrogen functional groups attached to an aromatic ring is 1. The Bertz CT molecular complexity index is 927. The molecule has 150 valence electrons. The molecule has 0 radical (unpaired) electrons. The minimum Gasteiger partial charge on any atom is -0.497 e. The molecule has 0 spiro atoms.